The molecule has 0 radical (unpaired) electrons. The first-order chi connectivity index (χ1) is 7.00. The van der Waals surface area contributed by atoms with Crippen LogP contribution >= 0.6 is 0 Å². The monoisotopic (exact) mass is 198 g/mol. The summed E-state index contributed by atoms with van der Waals surface area (Å²) in [5.74, 6) is 0. The van der Waals surface area contributed by atoms with E-state index < -0.39 is 0 Å². The number of aryl methyl sites for hydroxylation is 1. The summed E-state index contributed by atoms with van der Waals surface area (Å²) >= 11 is 0. The first kappa shape index (κ1) is 11.5. The average Bonchev–Trinajstić information content (AvgIpc) is 2.17. The van der Waals surface area contributed by atoms with E-state index in [0.717, 1.165) is 11.1 Å². The van der Waals surface area contributed by atoms with Crippen LogP contribution in [-0.4, -0.2) is 0 Å². The lowest BCUT2D eigenvalue weighted by Crippen LogP contribution is -1.85. The van der Waals surface area contributed by atoms with Crippen LogP contribution in [0.2, 0.25) is 0 Å². The molecule has 0 heterocycles. The minimum atomic E-state index is 1.06. The van der Waals surface area contributed by atoms with Crippen molar-refractivity contribution < 1.29 is 0 Å². The molecule has 0 saturated carbocycles. The molecule has 0 saturated heterocycles. The van der Waals surface area contributed by atoms with E-state index in [9.17, 15) is 0 Å². The van der Waals surface area contributed by atoms with Crippen LogP contribution in [0.15, 0.2) is 54.6 Å². The minimum Gasteiger partial charge on any atom is -0.0961 e. The van der Waals surface area contributed by atoms with Crippen LogP contribution in [0.1, 0.15) is 25.0 Å². The van der Waals surface area contributed by atoms with Crippen molar-refractivity contribution in [3.05, 3.63) is 65.8 Å². The van der Waals surface area contributed by atoms with E-state index >= 15 is 0 Å². The molecule has 0 aliphatic heterocycles. The summed E-state index contributed by atoms with van der Waals surface area (Å²) in [5.41, 5.74) is 5.74. The smallest absolute Gasteiger partial charge is 0.0187 e. The molecule has 0 amide bonds. The van der Waals surface area contributed by atoms with Gasteiger partial charge in [0, 0.05) is 0 Å². The Hall–Kier alpha value is -1.56. The van der Waals surface area contributed by atoms with Gasteiger partial charge in [-0.1, -0.05) is 54.6 Å². The van der Waals surface area contributed by atoms with E-state index in [1.54, 1.807) is 0 Å². The Bertz CT molecular complexity index is 402. The fraction of sp³-hybridized carbons (Fsp3) is 0.200. The largest absolute Gasteiger partial charge is 0.0961 e. The molecule has 0 aliphatic rings. The summed E-state index contributed by atoms with van der Waals surface area (Å²) in [7, 11) is 0. The van der Waals surface area contributed by atoms with Crippen LogP contribution in [0.5, 0.6) is 0 Å². The summed E-state index contributed by atoms with van der Waals surface area (Å²) in [6.07, 6.45) is 2.06. The molecule has 0 atom stereocenters. The Morgan fingerprint density at radius 3 is 2.07 bits per heavy atom. The third-order valence-electron chi connectivity index (χ3n) is 2.34. The van der Waals surface area contributed by atoms with Gasteiger partial charge in [0.05, 0.1) is 0 Å². The van der Waals surface area contributed by atoms with Gasteiger partial charge in [0.1, 0.15) is 0 Å². The topological polar surface area (TPSA) is 0 Å². The molecule has 1 aromatic rings. The van der Waals surface area contributed by atoms with Gasteiger partial charge in [-0.25, -0.2) is 0 Å². The zero-order valence-electron chi connectivity index (χ0n) is 9.80. The van der Waals surface area contributed by atoms with E-state index in [4.69, 9.17) is 0 Å². The van der Waals surface area contributed by atoms with Crippen LogP contribution in [0.25, 0.3) is 5.57 Å². The van der Waals surface area contributed by atoms with E-state index in [0.29, 0.717) is 0 Å². The SMILES string of the molecule is C=C(C)/C=C(/C)C(=C)c1ccc(C)cc1. The maximum Gasteiger partial charge on any atom is -0.0187 e. The molecule has 1 aromatic carbocycles. The molecule has 15 heavy (non-hydrogen) atoms. The van der Waals surface area contributed by atoms with Gasteiger partial charge in [-0.2, -0.15) is 0 Å². The van der Waals surface area contributed by atoms with E-state index in [2.05, 4.69) is 57.3 Å². The third kappa shape index (κ3) is 3.25. The number of hydrogen-bond donors (Lipinski definition) is 0. The molecule has 0 nitrogen and oxygen atoms in total. The van der Waals surface area contributed by atoms with Gasteiger partial charge in [0.25, 0.3) is 0 Å². The van der Waals surface area contributed by atoms with Crippen LogP contribution in [0.4, 0.5) is 0 Å². The zero-order valence-corrected chi connectivity index (χ0v) is 9.80. The Morgan fingerprint density at radius 1 is 1.07 bits per heavy atom. The summed E-state index contributed by atoms with van der Waals surface area (Å²) in [6, 6.07) is 8.42. The lowest BCUT2D eigenvalue weighted by molar-refractivity contribution is 1.42. The van der Waals surface area contributed by atoms with E-state index in [1.165, 1.54) is 16.7 Å². The lowest BCUT2D eigenvalue weighted by Gasteiger charge is -2.07. The summed E-state index contributed by atoms with van der Waals surface area (Å²) < 4.78 is 0. The Labute approximate surface area is 92.6 Å². The Kier molecular flexibility index (Phi) is 3.68. The van der Waals surface area contributed by atoms with E-state index in [-0.39, 0.29) is 0 Å². The molecular weight excluding hydrogens is 180 g/mol. The van der Waals surface area contributed by atoms with Gasteiger partial charge in [-0.3, -0.25) is 0 Å². The van der Waals surface area contributed by atoms with Crippen molar-refractivity contribution in [1.82, 2.24) is 0 Å². The first-order valence-electron chi connectivity index (χ1n) is 5.11. The third-order valence-corrected chi connectivity index (χ3v) is 2.34. The maximum atomic E-state index is 4.10. The molecule has 1 rings (SSSR count). The highest BCUT2D eigenvalue weighted by atomic mass is 14.0. The molecule has 78 valence electrons. The molecular formula is C15H18. The minimum absolute atomic E-state index is 1.06. The van der Waals surface area contributed by atoms with Crippen molar-refractivity contribution in [3.8, 4) is 0 Å². The second-order valence-corrected chi connectivity index (χ2v) is 4.02. The molecule has 0 N–H and O–H groups in total. The predicted molar refractivity (Wildman–Crippen MR) is 68.8 cm³/mol. The van der Waals surface area contributed by atoms with Crippen LogP contribution < -0.4 is 0 Å². The van der Waals surface area contributed by atoms with Gasteiger partial charge in [0.2, 0.25) is 0 Å². The molecule has 0 spiro atoms. The van der Waals surface area contributed by atoms with Crippen LogP contribution in [0.3, 0.4) is 0 Å². The Balaban J connectivity index is 2.95. The number of rotatable bonds is 3. The normalized spacial score (nSPS) is 11.3. The van der Waals surface area contributed by atoms with Crippen molar-refractivity contribution in [2.24, 2.45) is 0 Å². The zero-order chi connectivity index (χ0) is 11.4. The highest BCUT2D eigenvalue weighted by Gasteiger charge is 2.00. The van der Waals surface area contributed by atoms with Gasteiger partial charge in [0.15, 0.2) is 0 Å². The van der Waals surface area contributed by atoms with Crippen molar-refractivity contribution >= 4 is 5.57 Å². The van der Waals surface area contributed by atoms with Gasteiger partial charge >= 0.3 is 0 Å². The fourth-order valence-electron chi connectivity index (χ4n) is 1.44. The van der Waals surface area contributed by atoms with E-state index in [1.807, 2.05) is 6.92 Å². The summed E-state index contributed by atoms with van der Waals surface area (Å²) in [4.78, 5) is 0. The second-order valence-electron chi connectivity index (χ2n) is 4.02. The highest BCUT2D eigenvalue weighted by molar-refractivity contribution is 5.77. The van der Waals surface area contributed by atoms with Gasteiger partial charge < -0.3 is 0 Å². The Morgan fingerprint density at radius 2 is 1.60 bits per heavy atom. The highest BCUT2D eigenvalue weighted by Crippen LogP contribution is 2.21. The van der Waals surface area contributed by atoms with Crippen LogP contribution in [0, 0.1) is 6.92 Å². The molecule has 0 bridgehead atoms. The molecule has 0 aliphatic carbocycles. The number of benzene rings is 1. The average molecular weight is 198 g/mol. The number of allylic oxidation sites excluding steroid dienone is 4. The molecule has 0 unspecified atom stereocenters. The van der Waals surface area contributed by atoms with Gasteiger partial charge in [-0.05, 0) is 37.5 Å². The molecule has 0 heteroatoms. The maximum absolute atomic E-state index is 4.10. The van der Waals surface area contributed by atoms with Gasteiger partial charge in [-0.15, -0.1) is 0 Å². The van der Waals surface area contributed by atoms with Crippen molar-refractivity contribution in [3.63, 3.8) is 0 Å². The van der Waals surface area contributed by atoms with Crippen LogP contribution in [-0.2, 0) is 0 Å². The second kappa shape index (κ2) is 4.79. The van der Waals surface area contributed by atoms with Crippen molar-refractivity contribution in [1.29, 1.82) is 0 Å². The van der Waals surface area contributed by atoms with Crippen molar-refractivity contribution in [2.75, 3.05) is 0 Å². The fourth-order valence-corrected chi connectivity index (χ4v) is 1.44. The predicted octanol–water partition coefficient (Wildman–Crippen LogP) is 4.53. The first-order valence-corrected chi connectivity index (χ1v) is 5.11. The lowest BCUT2D eigenvalue weighted by atomic mass is 9.98. The number of hydrogen-bond acceptors (Lipinski definition) is 0. The summed E-state index contributed by atoms with van der Waals surface area (Å²) in [6.45, 7) is 14.1. The summed E-state index contributed by atoms with van der Waals surface area (Å²) in [5, 5.41) is 0. The molecule has 0 fully saturated rings. The quantitative estimate of drug-likeness (QED) is 0.626. The standard InChI is InChI=1S/C15H18/c1-11(2)10-13(4)14(5)15-8-6-12(3)7-9-15/h6-10H,1,5H2,2-4H3/b13-10-. The van der Waals surface area contributed by atoms with Crippen molar-refractivity contribution in [2.45, 2.75) is 20.8 Å². The molecule has 0 aromatic heterocycles.